The van der Waals surface area contributed by atoms with Crippen LogP contribution in [0.25, 0.3) is 0 Å². The second kappa shape index (κ2) is 7.57. The number of piperidine rings is 1. The molecule has 2 nitrogen and oxygen atoms in total. The van der Waals surface area contributed by atoms with Crippen molar-refractivity contribution in [3.63, 3.8) is 0 Å². The van der Waals surface area contributed by atoms with Crippen LogP contribution in [0.3, 0.4) is 0 Å². The second-order valence-corrected chi connectivity index (χ2v) is 6.48. The Kier molecular flexibility index (Phi) is 5.25. The lowest BCUT2D eigenvalue weighted by atomic mass is 9.87. The van der Waals surface area contributed by atoms with Crippen molar-refractivity contribution in [2.24, 2.45) is 11.7 Å². The quantitative estimate of drug-likeness (QED) is 0.915. The molecule has 2 heteroatoms. The molecule has 0 radical (unpaired) electrons. The minimum absolute atomic E-state index is 0.265. The van der Waals surface area contributed by atoms with E-state index < -0.39 is 0 Å². The molecule has 2 N–H and O–H groups in total. The fourth-order valence-electron chi connectivity index (χ4n) is 3.48. The molecule has 2 aromatic rings. The van der Waals surface area contributed by atoms with Gasteiger partial charge in [0.2, 0.25) is 0 Å². The maximum atomic E-state index is 6.51. The third kappa shape index (κ3) is 4.19. The molecule has 0 aromatic heterocycles. The first kappa shape index (κ1) is 15.3. The second-order valence-electron chi connectivity index (χ2n) is 6.48. The summed E-state index contributed by atoms with van der Waals surface area (Å²) in [6.45, 7) is 3.38. The first-order valence-corrected chi connectivity index (χ1v) is 8.37. The zero-order valence-corrected chi connectivity index (χ0v) is 13.2. The van der Waals surface area contributed by atoms with Crippen molar-refractivity contribution in [2.75, 3.05) is 13.1 Å². The largest absolute Gasteiger partial charge is 0.327 e. The van der Waals surface area contributed by atoms with E-state index in [0.29, 0.717) is 5.92 Å². The van der Waals surface area contributed by atoms with Crippen molar-refractivity contribution in [3.05, 3.63) is 71.8 Å². The molecule has 2 unspecified atom stereocenters. The molecule has 3 rings (SSSR count). The molecule has 116 valence electrons. The fourth-order valence-corrected chi connectivity index (χ4v) is 3.48. The summed E-state index contributed by atoms with van der Waals surface area (Å²) in [5.74, 6) is 0.609. The number of hydrogen-bond acceptors (Lipinski definition) is 2. The lowest BCUT2D eigenvalue weighted by molar-refractivity contribution is 0.150. The standard InChI is InChI=1S/C20H26N2/c21-20(14-17-8-3-1-4-9-17)19-12-7-13-22(16-19)15-18-10-5-2-6-11-18/h1-6,8-11,19-20H,7,12-16,21H2. The van der Waals surface area contributed by atoms with Gasteiger partial charge in [-0.05, 0) is 42.9 Å². The molecule has 1 heterocycles. The molecule has 0 amide bonds. The summed E-state index contributed by atoms with van der Waals surface area (Å²) in [5.41, 5.74) is 9.27. The van der Waals surface area contributed by atoms with Gasteiger partial charge in [0, 0.05) is 19.1 Å². The van der Waals surface area contributed by atoms with Gasteiger partial charge >= 0.3 is 0 Å². The maximum absolute atomic E-state index is 6.51. The summed E-state index contributed by atoms with van der Waals surface area (Å²) in [6, 6.07) is 21.7. The fraction of sp³-hybridized carbons (Fsp3) is 0.400. The van der Waals surface area contributed by atoms with Crippen molar-refractivity contribution >= 4 is 0 Å². The Morgan fingerprint density at radius 1 is 0.955 bits per heavy atom. The van der Waals surface area contributed by atoms with Crippen LogP contribution in [0.2, 0.25) is 0 Å². The highest BCUT2D eigenvalue weighted by molar-refractivity contribution is 5.16. The highest BCUT2D eigenvalue weighted by Crippen LogP contribution is 2.22. The molecule has 2 atom stereocenters. The van der Waals surface area contributed by atoms with Crippen LogP contribution in [-0.4, -0.2) is 24.0 Å². The highest BCUT2D eigenvalue weighted by Gasteiger charge is 2.25. The number of rotatable bonds is 5. The van der Waals surface area contributed by atoms with Crippen LogP contribution in [0.15, 0.2) is 60.7 Å². The molecule has 0 spiro atoms. The number of likely N-dealkylation sites (tertiary alicyclic amines) is 1. The maximum Gasteiger partial charge on any atom is 0.0233 e. The minimum atomic E-state index is 0.265. The smallest absolute Gasteiger partial charge is 0.0233 e. The van der Waals surface area contributed by atoms with Crippen LogP contribution >= 0.6 is 0 Å². The van der Waals surface area contributed by atoms with Gasteiger partial charge in [-0.3, -0.25) is 4.90 Å². The summed E-state index contributed by atoms with van der Waals surface area (Å²) in [6.07, 6.45) is 3.52. The van der Waals surface area contributed by atoms with Gasteiger partial charge in [-0.15, -0.1) is 0 Å². The number of nitrogens with zero attached hydrogens (tertiary/aromatic N) is 1. The first-order valence-electron chi connectivity index (χ1n) is 8.37. The van der Waals surface area contributed by atoms with E-state index in [-0.39, 0.29) is 6.04 Å². The Labute approximate surface area is 134 Å². The van der Waals surface area contributed by atoms with Crippen LogP contribution in [-0.2, 0) is 13.0 Å². The van der Waals surface area contributed by atoms with Gasteiger partial charge in [-0.25, -0.2) is 0 Å². The van der Waals surface area contributed by atoms with Crippen molar-refractivity contribution in [3.8, 4) is 0 Å². The van der Waals surface area contributed by atoms with Gasteiger partial charge in [-0.2, -0.15) is 0 Å². The van der Waals surface area contributed by atoms with Crippen LogP contribution in [0.1, 0.15) is 24.0 Å². The molecule has 0 saturated carbocycles. The Balaban J connectivity index is 1.56. The molecule has 1 fully saturated rings. The van der Waals surface area contributed by atoms with Crippen LogP contribution in [0, 0.1) is 5.92 Å². The number of hydrogen-bond donors (Lipinski definition) is 1. The molecule has 2 aromatic carbocycles. The summed E-state index contributed by atoms with van der Waals surface area (Å²) < 4.78 is 0. The van der Waals surface area contributed by atoms with Gasteiger partial charge in [0.15, 0.2) is 0 Å². The topological polar surface area (TPSA) is 29.3 Å². The van der Waals surface area contributed by atoms with E-state index >= 15 is 0 Å². The molecule has 0 aliphatic carbocycles. The Bertz CT molecular complexity index is 513. The van der Waals surface area contributed by atoms with Crippen molar-refractivity contribution < 1.29 is 0 Å². The van der Waals surface area contributed by atoms with Crippen LogP contribution in [0.4, 0.5) is 0 Å². The molecular weight excluding hydrogens is 268 g/mol. The number of benzene rings is 2. The van der Waals surface area contributed by atoms with E-state index in [1.807, 2.05) is 0 Å². The lowest BCUT2D eigenvalue weighted by Crippen LogP contribution is -2.44. The van der Waals surface area contributed by atoms with Gasteiger partial charge in [0.05, 0.1) is 0 Å². The van der Waals surface area contributed by atoms with Gasteiger partial charge in [0.25, 0.3) is 0 Å². The zero-order valence-electron chi connectivity index (χ0n) is 13.2. The molecule has 1 aliphatic rings. The first-order chi connectivity index (χ1) is 10.8. The molecule has 1 saturated heterocycles. The van der Waals surface area contributed by atoms with E-state index in [4.69, 9.17) is 5.73 Å². The zero-order chi connectivity index (χ0) is 15.2. The monoisotopic (exact) mass is 294 g/mol. The molecule has 22 heavy (non-hydrogen) atoms. The predicted molar refractivity (Wildman–Crippen MR) is 92.6 cm³/mol. The van der Waals surface area contributed by atoms with Crippen molar-refractivity contribution in [1.29, 1.82) is 0 Å². The Morgan fingerprint density at radius 3 is 2.27 bits per heavy atom. The molecular formula is C20H26N2. The van der Waals surface area contributed by atoms with Crippen LogP contribution in [0.5, 0.6) is 0 Å². The predicted octanol–water partition coefficient (Wildman–Crippen LogP) is 3.47. The molecule has 1 aliphatic heterocycles. The minimum Gasteiger partial charge on any atom is -0.327 e. The van der Waals surface area contributed by atoms with Crippen molar-refractivity contribution in [2.45, 2.75) is 31.8 Å². The Hall–Kier alpha value is -1.64. The molecule has 0 bridgehead atoms. The number of nitrogens with two attached hydrogens (primary N) is 1. The summed E-state index contributed by atoms with van der Waals surface area (Å²) in [7, 11) is 0. The summed E-state index contributed by atoms with van der Waals surface area (Å²) >= 11 is 0. The van der Waals surface area contributed by atoms with E-state index in [0.717, 1.165) is 19.5 Å². The van der Waals surface area contributed by atoms with Gasteiger partial charge < -0.3 is 5.73 Å². The normalized spacial score (nSPS) is 20.7. The summed E-state index contributed by atoms with van der Waals surface area (Å²) in [5, 5.41) is 0. The van der Waals surface area contributed by atoms with Crippen LogP contribution < -0.4 is 5.73 Å². The van der Waals surface area contributed by atoms with Gasteiger partial charge in [0.1, 0.15) is 0 Å². The van der Waals surface area contributed by atoms with E-state index in [1.54, 1.807) is 0 Å². The Morgan fingerprint density at radius 2 is 1.59 bits per heavy atom. The third-order valence-corrected chi connectivity index (χ3v) is 4.71. The van der Waals surface area contributed by atoms with E-state index in [2.05, 4.69) is 65.6 Å². The highest BCUT2D eigenvalue weighted by atomic mass is 15.1. The van der Waals surface area contributed by atoms with Gasteiger partial charge in [-0.1, -0.05) is 60.7 Å². The third-order valence-electron chi connectivity index (χ3n) is 4.71. The SMILES string of the molecule is NC(Cc1ccccc1)C1CCCN(Cc2ccccc2)C1. The van der Waals surface area contributed by atoms with E-state index in [9.17, 15) is 0 Å². The summed E-state index contributed by atoms with van der Waals surface area (Å²) in [4.78, 5) is 2.56. The van der Waals surface area contributed by atoms with Crippen molar-refractivity contribution in [1.82, 2.24) is 4.90 Å². The average molecular weight is 294 g/mol. The average Bonchev–Trinajstić information content (AvgIpc) is 2.57. The van der Waals surface area contributed by atoms with E-state index in [1.165, 1.54) is 30.5 Å². The lowest BCUT2D eigenvalue weighted by Gasteiger charge is -2.35.